The van der Waals surface area contributed by atoms with Crippen molar-refractivity contribution in [2.24, 2.45) is 5.92 Å². The quantitative estimate of drug-likeness (QED) is 0.342. The van der Waals surface area contributed by atoms with Gasteiger partial charge in [0.05, 0.1) is 6.10 Å². The molecule has 0 spiro atoms. The van der Waals surface area contributed by atoms with E-state index in [4.69, 9.17) is 4.74 Å². The Kier molecular flexibility index (Phi) is 7.81. The molecule has 2 aromatic rings. The number of hydrogen-bond donors (Lipinski definition) is 2. The topological polar surface area (TPSA) is 58.6 Å². The molecule has 6 heteroatoms. The zero-order valence-electron chi connectivity index (χ0n) is 20.0. The van der Waals surface area contributed by atoms with E-state index < -0.39 is 6.10 Å². The number of ketones is 1. The molecule has 2 aliphatic rings. The van der Waals surface area contributed by atoms with Gasteiger partial charge in [0.2, 0.25) is 5.78 Å². The fraction of sp³-hybridized carbons (Fsp3) is 0.393. The number of aliphatic hydroxyl groups is 1. The zero-order valence-corrected chi connectivity index (χ0v) is 20.8. The molecule has 1 heterocycles. The van der Waals surface area contributed by atoms with Gasteiger partial charge in [-0.3, -0.25) is 4.79 Å². The monoisotopic (exact) mass is 481 g/mol. The number of benzene rings is 1. The molecule has 2 atom stereocenters. The molecule has 4 nitrogen and oxygen atoms in total. The fourth-order valence-corrected chi connectivity index (χ4v) is 5.73. The Morgan fingerprint density at radius 2 is 2.12 bits per heavy atom. The molecule has 0 saturated carbocycles. The molecule has 0 amide bonds. The maximum absolute atomic E-state index is 13.6. The predicted molar refractivity (Wildman–Crippen MR) is 136 cm³/mol. The lowest BCUT2D eigenvalue weighted by molar-refractivity contribution is 0.103. The van der Waals surface area contributed by atoms with Crippen LogP contribution in [-0.2, 0) is 6.42 Å². The Hall–Kier alpha value is -2.54. The van der Waals surface area contributed by atoms with E-state index in [9.17, 15) is 14.3 Å². The normalized spacial score (nSPS) is 19.4. The number of ether oxygens (including phenoxy) is 1. The van der Waals surface area contributed by atoms with Crippen LogP contribution in [0, 0.1) is 18.7 Å². The Bertz CT molecular complexity index is 1160. The largest absolute Gasteiger partial charge is 0.459 e. The van der Waals surface area contributed by atoms with Crippen molar-refractivity contribution < 1.29 is 19.0 Å². The number of thiophene rings is 1. The van der Waals surface area contributed by atoms with Crippen molar-refractivity contribution >= 4 is 23.2 Å². The van der Waals surface area contributed by atoms with Crippen LogP contribution in [0.1, 0.15) is 64.3 Å². The molecule has 0 bridgehead atoms. The van der Waals surface area contributed by atoms with Gasteiger partial charge in [0.15, 0.2) is 5.75 Å². The Balaban J connectivity index is 1.63. The first-order valence-corrected chi connectivity index (χ1v) is 12.8. The van der Waals surface area contributed by atoms with E-state index >= 15 is 0 Å². The second kappa shape index (κ2) is 10.8. The summed E-state index contributed by atoms with van der Waals surface area (Å²) in [5.74, 6) is 1.19. The third-order valence-corrected chi connectivity index (χ3v) is 7.63. The van der Waals surface area contributed by atoms with Crippen LogP contribution in [0.2, 0.25) is 0 Å². The molecular formula is C28H32FNO3S. The summed E-state index contributed by atoms with van der Waals surface area (Å²) < 4.78 is 20.0. The minimum Gasteiger partial charge on any atom is -0.459 e. The maximum Gasteiger partial charge on any atom is 0.207 e. The van der Waals surface area contributed by atoms with Gasteiger partial charge >= 0.3 is 0 Å². The van der Waals surface area contributed by atoms with Gasteiger partial charge < -0.3 is 15.2 Å². The molecule has 0 saturated heterocycles. The molecule has 4 rings (SSSR count). The number of hydrogen-bond acceptors (Lipinski definition) is 5. The summed E-state index contributed by atoms with van der Waals surface area (Å²) in [6.07, 6.45) is 10.6. The summed E-state index contributed by atoms with van der Waals surface area (Å²) in [4.78, 5) is 14.9. The van der Waals surface area contributed by atoms with Gasteiger partial charge in [-0.15, -0.1) is 11.3 Å². The first-order chi connectivity index (χ1) is 16.4. The summed E-state index contributed by atoms with van der Waals surface area (Å²) in [5, 5.41) is 13.5. The van der Waals surface area contributed by atoms with Crippen molar-refractivity contribution in [3.05, 3.63) is 80.0 Å². The lowest BCUT2D eigenvalue weighted by Gasteiger charge is -2.23. The zero-order chi connectivity index (χ0) is 24.2. The molecule has 180 valence electrons. The third kappa shape index (κ3) is 5.40. The second-order valence-electron chi connectivity index (χ2n) is 9.06. The van der Waals surface area contributed by atoms with E-state index in [0.29, 0.717) is 34.1 Å². The fourth-order valence-electron chi connectivity index (χ4n) is 4.51. The smallest absolute Gasteiger partial charge is 0.207 e. The first-order valence-electron chi connectivity index (χ1n) is 12.0. The van der Waals surface area contributed by atoms with Crippen LogP contribution in [0.3, 0.4) is 0 Å². The van der Waals surface area contributed by atoms with Crippen molar-refractivity contribution in [1.82, 2.24) is 5.32 Å². The van der Waals surface area contributed by atoms with Crippen LogP contribution < -0.4 is 10.1 Å². The van der Waals surface area contributed by atoms with Crippen LogP contribution in [0.25, 0.3) is 6.08 Å². The Morgan fingerprint density at radius 1 is 1.29 bits per heavy atom. The molecule has 0 aliphatic heterocycles. The molecule has 2 N–H and O–H groups in total. The highest BCUT2D eigenvalue weighted by atomic mass is 32.1. The molecule has 1 aromatic heterocycles. The highest BCUT2D eigenvalue weighted by Gasteiger charge is 2.29. The predicted octanol–water partition coefficient (Wildman–Crippen LogP) is 5.98. The Morgan fingerprint density at radius 3 is 2.85 bits per heavy atom. The standard InChI is InChI=1S/C28H32FNO3S/c1-4-30-13-5-6-19-7-10-22(15-17(19)2)33-27-24-12-9-21(31)16-25(24)34-28(27)26(32)23-11-8-20(29)14-18(23)3/h7-12,14,17,21,30-31H,4-6,13,15-16H2,1-3H3. The minimum absolute atomic E-state index is 0.182. The van der Waals surface area contributed by atoms with E-state index in [0.717, 1.165) is 48.6 Å². The molecule has 0 fully saturated rings. The van der Waals surface area contributed by atoms with Gasteiger partial charge in [-0.05, 0) is 68.6 Å². The van der Waals surface area contributed by atoms with E-state index in [1.807, 2.05) is 12.2 Å². The molecule has 2 unspecified atom stereocenters. The van der Waals surface area contributed by atoms with E-state index in [1.54, 1.807) is 13.0 Å². The summed E-state index contributed by atoms with van der Waals surface area (Å²) in [7, 11) is 0. The van der Waals surface area contributed by atoms with Crippen LogP contribution in [0.15, 0.2) is 47.8 Å². The number of halogens is 1. The number of fused-ring (bicyclic) bond motifs is 1. The minimum atomic E-state index is -0.573. The molecule has 1 aromatic carbocycles. The van der Waals surface area contributed by atoms with Crippen LogP contribution >= 0.6 is 11.3 Å². The molecule has 34 heavy (non-hydrogen) atoms. The van der Waals surface area contributed by atoms with Gasteiger partial charge in [-0.1, -0.05) is 37.6 Å². The van der Waals surface area contributed by atoms with Crippen molar-refractivity contribution in [2.75, 3.05) is 13.1 Å². The summed E-state index contributed by atoms with van der Waals surface area (Å²) in [6, 6.07) is 4.22. The highest BCUT2D eigenvalue weighted by Crippen LogP contribution is 2.43. The Labute approximate surface area is 204 Å². The highest BCUT2D eigenvalue weighted by molar-refractivity contribution is 7.15. The molecular weight excluding hydrogens is 449 g/mol. The van der Waals surface area contributed by atoms with Crippen molar-refractivity contribution in [2.45, 2.75) is 52.6 Å². The van der Waals surface area contributed by atoms with Crippen molar-refractivity contribution in [1.29, 1.82) is 0 Å². The maximum atomic E-state index is 13.6. The number of rotatable bonds is 9. The number of aryl methyl sites for hydroxylation is 1. The van der Waals surface area contributed by atoms with Crippen molar-refractivity contribution in [3.8, 4) is 5.75 Å². The van der Waals surface area contributed by atoms with Gasteiger partial charge in [-0.25, -0.2) is 4.39 Å². The summed E-state index contributed by atoms with van der Waals surface area (Å²) in [5.41, 5.74) is 3.32. The first kappa shape index (κ1) is 24.6. The SMILES string of the molecule is CCNCCCC1=CC=C(Oc2c(C(=O)c3ccc(F)cc3C)sc3c2C=CC(O)C3)CC1C. The van der Waals surface area contributed by atoms with Gasteiger partial charge in [0, 0.05) is 28.8 Å². The number of aliphatic hydroxyl groups excluding tert-OH is 1. The van der Waals surface area contributed by atoms with E-state index in [-0.39, 0.29) is 11.6 Å². The lowest BCUT2D eigenvalue weighted by Crippen LogP contribution is -2.16. The molecule has 2 aliphatic carbocycles. The number of allylic oxidation sites excluding steroid dienone is 4. The third-order valence-electron chi connectivity index (χ3n) is 6.42. The van der Waals surface area contributed by atoms with Gasteiger partial charge in [-0.2, -0.15) is 0 Å². The van der Waals surface area contributed by atoms with E-state index in [1.165, 1.54) is 35.1 Å². The molecule has 0 radical (unpaired) electrons. The van der Waals surface area contributed by atoms with Crippen LogP contribution in [0.4, 0.5) is 4.39 Å². The van der Waals surface area contributed by atoms with E-state index in [2.05, 4.69) is 25.2 Å². The summed E-state index contributed by atoms with van der Waals surface area (Å²) >= 11 is 1.36. The number of carbonyl (C=O) groups is 1. The lowest BCUT2D eigenvalue weighted by atomic mass is 9.89. The average Bonchev–Trinajstić information content (AvgIpc) is 3.14. The number of nitrogens with one attached hydrogen (secondary N) is 1. The average molecular weight is 482 g/mol. The van der Waals surface area contributed by atoms with Gasteiger partial charge in [0.1, 0.15) is 16.5 Å². The summed E-state index contributed by atoms with van der Waals surface area (Å²) in [6.45, 7) is 8.07. The number of carbonyl (C=O) groups excluding carboxylic acids is 1. The van der Waals surface area contributed by atoms with Crippen molar-refractivity contribution in [3.63, 3.8) is 0 Å². The van der Waals surface area contributed by atoms with Crippen LogP contribution in [-0.4, -0.2) is 30.1 Å². The van der Waals surface area contributed by atoms with Gasteiger partial charge in [0.25, 0.3) is 0 Å². The second-order valence-corrected chi connectivity index (χ2v) is 10.2. The van der Waals surface area contributed by atoms with Crippen LogP contribution in [0.5, 0.6) is 5.75 Å².